The van der Waals surface area contributed by atoms with Gasteiger partial charge in [-0.25, -0.2) is 4.79 Å². The molecule has 17 nitrogen and oxygen atoms in total. The van der Waals surface area contributed by atoms with Gasteiger partial charge in [-0.15, -0.1) is 0 Å². The summed E-state index contributed by atoms with van der Waals surface area (Å²) in [7, 11) is 0. The van der Waals surface area contributed by atoms with Crippen molar-refractivity contribution >= 4 is 22.9 Å². The maximum absolute atomic E-state index is 12.8. The maximum atomic E-state index is 12.8. The Morgan fingerprint density at radius 2 is 1.68 bits per heavy atom. The lowest BCUT2D eigenvalue weighted by Crippen LogP contribution is -2.60. The van der Waals surface area contributed by atoms with E-state index in [1.807, 2.05) is 12.1 Å². The number of fused-ring (bicyclic) bond motifs is 1. The summed E-state index contributed by atoms with van der Waals surface area (Å²) in [6.45, 7) is 5.63. The van der Waals surface area contributed by atoms with Crippen LogP contribution in [0.1, 0.15) is 55.7 Å². The summed E-state index contributed by atoms with van der Waals surface area (Å²) >= 11 is 0. The van der Waals surface area contributed by atoms with Gasteiger partial charge in [0.15, 0.2) is 11.5 Å². The highest BCUT2D eigenvalue weighted by molar-refractivity contribution is 5.82. The number of H-pyrrole nitrogens is 1. The third-order valence-electron chi connectivity index (χ3n) is 10.5. The van der Waals surface area contributed by atoms with Gasteiger partial charge in [-0.05, 0) is 79.9 Å². The van der Waals surface area contributed by atoms with Gasteiger partial charge in [0, 0.05) is 13.1 Å². The zero-order valence-electron chi connectivity index (χ0n) is 31.6. The Kier molecular flexibility index (Phi) is 13.9. The number of carbonyl (C=O) groups excluding carboxylic acids is 1. The minimum Gasteiger partial charge on any atom is -0.463 e. The minimum absolute atomic E-state index is 0.161. The molecule has 1 amide bonds. The smallest absolute Gasteiger partial charge is 0.328 e. The normalized spacial score (nSPS) is 22.6. The summed E-state index contributed by atoms with van der Waals surface area (Å²) in [5, 5.41) is 42.5. The van der Waals surface area contributed by atoms with Crippen molar-refractivity contribution in [3.63, 3.8) is 0 Å². The van der Waals surface area contributed by atoms with Crippen LogP contribution in [0.25, 0.3) is 11.2 Å². The molecule has 0 spiro atoms. The fourth-order valence-corrected chi connectivity index (χ4v) is 7.05. The van der Waals surface area contributed by atoms with Gasteiger partial charge in [0.25, 0.3) is 0 Å². The highest BCUT2D eigenvalue weighted by atomic mass is 16.7. The molecule has 17 heteroatoms. The molecular formula is C39H54N8O9. The highest BCUT2D eigenvalue weighted by Gasteiger charge is 2.44. The molecule has 0 unspecified atom stereocenters. The second kappa shape index (κ2) is 19.0. The van der Waals surface area contributed by atoms with Crippen LogP contribution in [0.5, 0.6) is 11.8 Å². The average Bonchev–Trinajstić information content (AvgIpc) is 3.51. The first-order valence-corrected chi connectivity index (χ1v) is 19.3. The van der Waals surface area contributed by atoms with Gasteiger partial charge in [0.2, 0.25) is 12.2 Å². The highest BCUT2D eigenvalue weighted by Crippen LogP contribution is 2.26. The number of nitrogen functional groups attached to an aromatic ring is 1. The molecule has 2 saturated heterocycles. The Hall–Kier alpha value is -4.62. The van der Waals surface area contributed by atoms with Gasteiger partial charge in [0.1, 0.15) is 35.7 Å². The van der Waals surface area contributed by atoms with Gasteiger partial charge in [0.05, 0.1) is 25.8 Å². The Morgan fingerprint density at radius 3 is 2.36 bits per heavy atom. The fraction of sp³-hybridized carbons (Fsp3) is 0.538. The van der Waals surface area contributed by atoms with E-state index in [2.05, 4.69) is 44.2 Å². The quantitative estimate of drug-likeness (QED) is 0.0676. The number of rotatable bonds is 17. The average molecular weight is 779 g/mol. The van der Waals surface area contributed by atoms with Gasteiger partial charge in [-0.1, -0.05) is 49.7 Å². The largest absolute Gasteiger partial charge is 0.463 e. The van der Waals surface area contributed by atoms with Gasteiger partial charge < -0.3 is 56.4 Å². The van der Waals surface area contributed by atoms with Crippen LogP contribution in [0.15, 0.2) is 53.3 Å². The van der Waals surface area contributed by atoms with E-state index in [0.717, 1.165) is 62.9 Å². The van der Waals surface area contributed by atoms with E-state index in [4.69, 9.17) is 25.7 Å². The number of anilines is 1. The summed E-state index contributed by atoms with van der Waals surface area (Å²) in [5.74, 6) is 0.795. The molecule has 0 saturated carbocycles. The van der Waals surface area contributed by atoms with E-state index < -0.39 is 43.4 Å². The van der Waals surface area contributed by atoms with Crippen LogP contribution < -0.4 is 31.9 Å². The molecule has 0 radical (unpaired) electrons. The van der Waals surface area contributed by atoms with Crippen molar-refractivity contribution in [3.8, 4) is 11.8 Å². The number of nitrogens with zero attached hydrogens (tertiary/aromatic N) is 4. The van der Waals surface area contributed by atoms with Crippen LogP contribution in [0.2, 0.25) is 0 Å². The number of aliphatic hydroxyl groups excluding tert-OH is 4. The summed E-state index contributed by atoms with van der Waals surface area (Å²) < 4.78 is 18.2. The number of carbonyl (C=O) groups is 1. The Balaban J connectivity index is 0.895. The molecule has 4 aromatic rings. The number of aromatic amines is 1. The van der Waals surface area contributed by atoms with E-state index >= 15 is 0 Å². The molecule has 4 heterocycles. The Morgan fingerprint density at radius 1 is 1.00 bits per heavy atom. The second-order valence-corrected chi connectivity index (χ2v) is 14.7. The number of nitrogens with two attached hydrogens (primary N) is 2. The van der Waals surface area contributed by atoms with Crippen molar-refractivity contribution in [2.24, 2.45) is 11.7 Å². The zero-order valence-corrected chi connectivity index (χ0v) is 31.6. The number of nitrogens with one attached hydrogen (secondary N) is 2. The number of ether oxygens (including phenoxy) is 3. The van der Waals surface area contributed by atoms with Crippen molar-refractivity contribution < 1.29 is 39.4 Å². The van der Waals surface area contributed by atoms with Crippen LogP contribution in [0, 0.1) is 5.92 Å². The second-order valence-electron chi connectivity index (χ2n) is 14.7. The predicted octanol–water partition coefficient (Wildman–Crippen LogP) is 0.396. The topological polar surface area (TPSA) is 257 Å². The molecule has 0 bridgehead atoms. The number of benzene rings is 2. The van der Waals surface area contributed by atoms with Crippen molar-refractivity contribution in [1.29, 1.82) is 0 Å². The Labute approximate surface area is 324 Å². The standard InChI is InChI=1S/C39H54N8O9/c1-2-3-18-54-38-44-34(41)30-35(45-38)47(39(53)43-30)21-26-6-4-25(5-7-26)20-46-16-13-23(14-17-46)12-15-42-36(52)28(40)19-24-8-10-27(11-9-24)55-37-33(51)32(50)31(49)29(22-48)56-37/h4-11,23,28-29,31-33,37,48-51H,2-3,12-22,40H2,1H3,(H,42,52)(H,43,53)(H2,41,44,45)/t28-,29+,31+,32-,33+,37+/m0/s1. The first-order chi connectivity index (χ1) is 27.0. The molecule has 6 atom stereocenters. The summed E-state index contributed by atoms with van der Waals surface area (Å²) in [6, 6.07) is 14.4. The summed E-state index contributed by atoms with van der Waals surface area (Å²) in [6.07, 6.45) is -1.76. The minimum atomic E-state index is -1.53. The molecular weight excluding hydrogens is 724 g/mol. The number of imidazole rings is 1. The lowest BCUT2D eigenvalue weighted by molar-refractivity contribution is -0.277. The number of unbranched alkanes of at least 4 members (excludes halogenated alkanes) is 1. The third-order valence-corrected chi connectivity index (χ3v) is 10.5. The lowest BCUT2D eigenvalue weighted by atomic mass is 9.93. The van der Waals surface area contributed by atoms with Crippen LogP contribution in [-0.4, -0.2) is 120 Å². The van der Waals surface area contributed by atoms with E-state index in [9.17, 15) is 30.0 Å². The first-order valence-electron chi connectivity index (χ1n) is 19.3. The summed E-state index contributed by atoms with van der Waals surface area (Å²) in [4.78, 5) is 39.4. The molecule has 304 valence electrons. The molecule has 2 aliphatic heterocycles. The number of hydrogen-bond donors (Lipinski definition) is 8. The number of piperidine rings is 1. The molecule has 2 aromatic carbocycles. The zero-order chi connectivity index (χ0) is 39.8. The fourth-order valence-electron chi connectivity index (χ4n) is 7.05. The molecule has 2 aromatic heterocycles. The number of likely N-dealkylation sites (tertiary alicyclic amines) is 1. The number of aliphatic hydroxyl groups is 4. The van der Waals surface area contributed by atoms with Crippen molar-refractivity contribution in [3.05, 3.63) is 75.7 Å². The van der Waals surface area contributed by atoms with Crippen molar-refractivity contribution in [1.82, 2.24) is 29.7 Å². The number of hydrogen-bond acceptors (Lipinski definition) is 14. The monoisotopic (exact) mass is 778 g/mol. The van der Waals surface area contributed by atoms with Crippen LogP contribution >= 0.6 is 0 Å². The van der Waals surface area contributed by atoms with Crippen molar-refractivity contribution in [2.45, 2.75) is 95.3 Å². The molecule has 56 heavy (non-hydrogen) atoms. The number of aromatic nitrogens is 4. The van der Waals surface area contributed by atoms with Crippen molar-refractivity contribution in [2.75, 3.05) is 38.6 Å². The molecule has 10 N–H and O–H groups in total. The Bertz CT molecular complexity index is 1930. The molecule has 2 aliphatic rings. The first kappa shape index (κ1) is 41.0. The lowest BCUT2D eigenvalue weighted by Gasteiger charge is -2.39. The maximum Gasteiger partial charge on any atom is 0.328 e. The third kappa shape index (κ3) is 10.2. The van der Waals surface area contributed by atoms with E-state index in [1.165, 1.54) is 5.56 Å². The van der Waals surface area contributed by atoms with Crippen LogP contribution in [0.3, 0.4) is 0 Å². The van der Waals surface area contributed by atoms with E-state index in [1.54, 1.807) is 28.8 Å². The predicted molar refractivity (Wildman–Crippen MR) is 207 cm³/mol. The molecule has 2 fully saturated rings. The van der Waals surface area contributed by atoms with E-state index in [0.29, 0.717) is 48.9 Å². The SMILES string of the molecule is CCCCOc1nc(N)c2[nH]c(=O)n(Cc3ccc(CN4CCC(CCNC(=O)[C@@H](N)Cc5ccc(O[C@@H]6O[C@H](CO)[C@@H](O)[C@H](O)[C@H]6O)cc5)CC4)cc3)c2n1. The van der Waals surface area contributed by atoms with Crippen LogP contribution in [-0.2, 0) is 29.0 Å². The van der Waals surface area contributed by atoms with E-state index in [-0.39, 0.29) is 23.4 Å². The van der Waals surface area contributed by atoms with Gasteiger partial charge in [-0.3, -0.25) is 14.3 Å². The number of amides is 1. The molecule has 6 rings (SSSR count). The molecule has 0 aliphatic carbocycles. The van der Waals surface area contributed by atoms with Crippen LogP contribution in [0.4, 0.5) is 5.82 Å². The van der Waals surface area contributed by atoms with Gasteiger partial charge in [-0.2, -0.15) is 9.97 Å². The summed E-state index contributed by atoms with van der Waals surface area (Å²) in [5.41, 5.74) is 15.8. The van der Waals surface area contributed by atoms with Gasteiger partial charge >= 0.3 is 11.7 Å².